The summed E-state index contributed by atoms with van der Waals surface area (Å²) in [6, 6.07) is 7.03. The number of likely N-dealkylation sites (tertiary alicyclic amines) is 1. The molecule has 1 saturated carbocycles. The molecule has 2 aliphatic heterocycles. The minimum atomic E-state index is 0.348. The number of carbonyl (C=O) groups is 1. The molecule has 124 valence electrons. The third-order valence-electron chi connectivity index (χ3n) is 5.47. The summed E-state index contributed by atoms with van der Waals surface area (Å²) in [5.74, 6) is 2.31. The summed E-state index contributed by atoms with van der Waals surface area (Å²) in [6.07, 6.45) is 4.30. The smallest absolute Gasteiger partial charge is 0.225 e. The summed E-state index contributed by atoms with van der Waals surface area (Å²) in [6.45, 7) is 5.80. The predicted octanol–water partition coefficient (Wildman–Crippen LogP) is 2.36. The molecule has 2 fully saturated rings. The number of carbonyl (C=O) groups excluding carboxylic acids is 1. The van der Waals surface area contributed by atoms with E-state index in [1.807, 2.05) is 0 Å². The number of hydrogen-bond donors (Lipinski definition) is 1. The van der Waals surface area contributed by atoms with Gasteiger partial charge < -0.3 is 15.0 Å². The average molecular weight is 314 g/mol. The van der Waals surface area contributed by atoms with Gasteiger partial charge in [-0.3, -0.25) is 4.79 Å². The Bertz CT molecular complexity index is 597. The summed E-state index contributed by atoms with van der Waals surface area (Å²) in [5.41, 5.74) is 2.67. The van der Waals surface area contributed by atoms with E-state index in [-0.39, 0.29) is 0 Å². The molecule has 4 heteroatoms. The van der Waals surface area contributed by atoms with Crippen LogP contribution in [0.25, 0.3) is 0 Å². The van der Waals surface area contributed by atoms with Crippen LogP contribution in [0.3, 0.4) is 0 Å². The van der Waals surface area contributed by atoms with Crippen LogP contribution in [0.1, 0.15) is 37.3 Å². The number of rotatable bonds is 4. The van der Waals surface area contributed by atoms with Crippen LogP contribution < -0.4 is 10.1 Å². The highest BCUT2D eigenvalue weighted by atomic mass is 16.5. The first-order valence-corrected chi connectivity index (χ1v) is 8.97. The van der Waals surface area contributed by atoms with Gasteiger partial charge in [-0.1, -0.05) is 19.1 Å². The first kappa shape index (κ1) is 15.0. The van der Waals surface area contributed by atoms with Crippen molar-refractivity contribution in [2.24, 2.45) is 11.8 Å². The van der Waals surface area contributed by atoms with Gasteiger partial charge in [0.25, 0.3) is 0 Å². The van der Waals surface area contributed by atoms with Crippen molar-refractivity contribution in [1.82, 2.24) is 10.2 Å². The van der Waals surface area contributed by atoms with E-state index in [9.17, 15) is 4.79 Å². The summed E-state index contributed by atoms with van der Waals surface area (Å²) < 4.78 is 5.57. The molecule has 2 heterocycles. The second-order valence-electron chi connectivity index (χ2n) is 7.35. The quantitative estimate of drug-likeness (QED) is 0.927. The zero-order valence-electron chi connectivity index (χ0n) is 13.9. The minimum Gasteiger partial charge on any atom is -0.493 e. The standard InChI is InChI=1S/C19H26N2O2/c1-13-12-21(19(22)15-3-4-15)8-6-17(13)20-11-14-2-5-18-16(10-14)7-9-23-18/h2,5,10,13,15,17,20H,3-4,6-9,11-12H2,1H3/t13-,17-/m0/s1. The van der Waals surface area contributed by atoms with Crippen LogP contribution in [0.5, 0.6) is 5.75 Å². The molecule has 0 radical (unpaired) electrons. The van der Waals surface area contributed by atoms with Gasteiger partial charge in [-0.25, -0.2) is 0 Å². The maximum atomic E-state index is 12.2. The predicted molar refractivity (Wildman–Crippen MR) is 89.4 cm³/mol. The Morgan fingerprint density at radius 3 is 3.00 bits per heavy atom. The molecule has 0 aromatic heterocycles. The van der Waals surface area contributed by atoms with Crippen molar-refractivity contribution in [3.63, 3.8) is 0 Å². The van der Waals surface area contributed by atoms with E-state index in [0.717, 1.165) is 57.7 Å². The van der Waals surface area contributed by atoms with E-state index in [2.05, 4.69) is 35.3 Å². The van der Waals surface area contributed by atoms with Crippen molar-refractivity contribution < 1.29 is 9.53 Å². The third-order valence-corrected chi connectivity index (χ3v) is 5.47. The lowest BCUT2D eigenvalue weighted by Crippen LogP contribution is -2.50. The van der Waals surface area contributed by atoms with Gasteiger partial charge in [0.15, 0.2) is 0 Å². The lowest BCUT2D eigenvalue weighted by Gasteiger charge is -2.37. The Morgan fingerprint density at radius 1 is 1.35 bits per heavy atom. The molecule has 0 spiro atoms. The number of nitrogens with one attached hydrogen (secondary N) is 1. The lowest BCUT2D eigenvalue weighted by molar-refractivity contribution is -0.134. The summed E-state index contributed by atoms with van der Waals surface area (Å²) in [5, 5.41) is 3.70. The Morgan fingerprint density at radius 2 is 2.22 bits per heavy atom. The average Bonchev–Trinajstić information content (AvgIpc) is 3.30. The van der Waals surface area contributed by atoms with Crippen molar-refractivity contribution in [2.75, 3.05) is 19.7 Å². The van der Waals surface area contributed by atoms with Crippen LogP contribution in [-0.2, 0) is 17.8 Å². The Hall–Kier alpha value is -1.55. The van der Waals surface area contributed by atoms with E-state index in [0.29, 0.717) is 23.8 Å². The number of fused-ring (bicyclic) bond motifs is 1. The Labute approximate surface area is 138 Å². The second-order valence-corrected chi connectivity index (χ2v) is 7.35. The lowest BCUT2D eigenvalue weighted by atomic mass is 9.93. The van der Waals surface area contributed by atoms with Gasteiger partial charge in [-0.2, -0.15) is 0 Å². The molecular weight excluding hydrogens is 288 g/mol. The van der Waals surface area contributed by atoms with Gasteiger partial charge in [0, 0.05) is 38.0 Å². The molecule has 1 aromatic rings. The highest BCUT2D eigenvalue weighted by Crippen LogP contribution is 2.32. The third kappa shape index (κ3) is 3.23. The molecule has 3 aliphatic rings. The van der Waals surface area contributed by atoms with E-state index in [4.69, 9.17) is 4.74 Å². The summed E-state index contributed by atoms with van der Waals surface area (Å²) >= 11 is 0. The van der Waals surface area contributed by atoms with E-state index in [1.165, 1.54) is 11.1 Å². The zero-order valence-corrected chi connectivity index (χ0v) is 13.9. The molecular formula is C19H26N2O2. The number of ether oxygens (including phenoxy) is 1. The number of amides is 1. The number of hydrogen-bond acceptors (Lipinski definition) is 3. The molecule has 2 atom stereocenters. The first-order valence-electron chi connectivity index (χ1n) is 8.97. The molecule has 4 rings (SSSR count). The molecule has 4 nitrogen and oxygen atoms in total. The normalized spacial score (nSPS) is 26.7. The number of piperidine rings is 1. The van der Waals surface area contributed by atoms with Crippen molar-refractivity contribution >= 4 is 5.91 Å². The van der Waals surface area contributed by atoms with Crippen LogP contribution in [0.2, 0.25) is 0 Å². The monoisotopic (exact) mass is 314 g/mol. The van der Waals surface area contributed by atoms with Crippen molar-refractivity contribution in [3.05, 3.63) is 29.3 Å². The summed E-state index contributed by atoms with van der Waals surface area (Å²) in [7, 11) is 0. The highest BCUT2D eigenvalue weighted by Gasteiger charge is 2.36. The largest absolute Gasteiger partial charge is 0.493 e. The fraction of sp³-hybridized carbons (Fsp3) is 0.632. The molecule has 0 unspecified atom stereocenters. The van der Waals surface area contributed by atoms with Crippen LogP contribution in [0, 0.1) is 11.8 Å². The van der Waals surface area contributed by atoms with E-state index < -0.39 is 0 Å². The molecule has 23 heavy (non-hydrogen) atoms. The highest BCUT2D eigenvalue weighted by molar-refractivity contribution is 5.81. The Balaban J connectivity index is 1.30. The fourth-order valence-corrected chi connectivity index (χ4v) is 3.84. The molecule has 0 bridgehead atoms. The number of nitrogens with zero attached hydrogens (tertiary/aromatic N) is 1. The van der Waals surface area contributed by atoms with Crippen molar-refractivity contribution in [1.29, 1.82) is 0 Å². The summed E-state index contributed by atoms with van der Waals surface area (Å²) in [4.78, 5) is 14.3. The van der Waals surface area contributed by atoms with E-state index in [1.54, 1.807) is 0 Å². The SMILES string of the molecule is C[C@H]1CN(C(=O)C2CC2)CC[C@@H]1NCc1ccc2c(c1)CCO2. The topological polar surface area (TPSA) is 41.6 Å². The second kappa shape index (κ2) is 6.16. The fourth-order valence-electron chi connectivity index (χ4n) is 3.84. The van der Waals surface area contributed by atoms with Crippen LogP contribution in [0.4, 0.5) is 0 Å². The van der Waals surface area contributed by atoms with Gasteiger partial charge >= 0.3 is 0 Å². The molecule has 1 saturated heterocycles. The van der Waals surface area contributed by atoms with Crippen LogP contribution in [0.15, 0.2) is 18.2 Å². The van der Waals surface area contributed by atoms with E-state index >= 15 is 0 Å². The van der Waals surface area contributed by atoms with Crippen molar-refractivity contribution in [3.8, 4) is 5.75 Å². The number of benzene rings is 1. The van der Waals surface area contributed by atoms with Gasteiger partial charge in [-0.05, 0) is 42.4 Å². The van der Waals surface area contributed by atoms with Gasteiger partial charge in [0.05, 0.1) is 6.61 Å². The molecule has 1 aliphatic carbocycles. The maximum Gasteiger partial charge on any atom is 0.225 e. The van der Waals surface area contributed by atoms with Gasteiger partial charge in [0.1, 0.15) is 5.75 Å². The molecule has 1 amide bonds. The Kier molecular flexibility index (Phi) is 4.02. The van der Waals surface area contributed by atoms with Gasteiger partial charge in [-0.15, -0.1) is 0 Å². The minimum absolute atomic E-state index is 0.348. The zero-order chi connectivity index (χ0) is 15.8. The van der Waals surface area contributed by atoms with Crippen LogP contribution in [-0.4, -0.2) is 36.5 Å². The maximum absolute atomic E-state index is 12.2. The molecule has 1 N–H and O–H groups in total. The molecule has 1 aromatic carbocycles. The first-order chi connectivity index (χ1) is 11.2. The van der Waals surface area contributed by atoms with Crippen LogP contribution >= 0.6 is 0 Å². The van der Waals surface area contributed by atoms with Crippen molar-refractivity contribution in [2.45, 2.75) is 45.2 Å². The van der Waals surface area contributed by atoms with Gasteiger partial charge in [0.2, 0.25) is 5.91 Å².